The van der Waals surface area contributed by atoms with E-state index >= 15 is 0 Å². The lowest BCUT2D eigenvalue weighted by atomic mass is 9.95. The van der Waals surface area contributed by atoms with Crippen molar-refractivity contribution in [3.63, 3.8) is 0 Å². The molecule has 0 atom stereocenters. The summed E-state index contributed by atoms with van der Waals surface area (Å²) in [5, 5.41) is 29.7. The molecule has 0 aliphatic heterocycles. The molecular weight excluding hydrogens is 451 g/mol. The minimum absolute atomic E-state index is 0.0850. The Kier molecular flexibility index (Phi) is 6.32. The van der Waals surface area contributed by atoms with Gasteiger partial charge in [0.2, 0.25) is 0 Å². The summed E-state index contributed by atoms with van der Waals surface area (Å²) in [6.07, 6.45) is 5.32. The topological polar surface area (TPSA) is 103 Å². The molecule has 0 radical (unpaired) electrons. The first-order chi connectivity index (χ1) is 16.7. The van der Waals surface area contributed by atoms with Crippen LogP contribution >= 0.6 is 11.8 Å². The molecule has 1 fully saturated rings. The Hall–Kier alpha value is -3.64. The number of para-hydroxylation sites is 2. The molecule has 172 valence electrons. The van der Waals surface area contributed by atoms with Crippen LogP contribution in [0.3, 0.4) is 0 Å². The highest BCUT2D eigenvalue weighted by molar-refractivity contribution is 7.99. The highest BCUT2D eigenvalue weighted by atomic mass is 32.2. The van der Waals surface area contributed by atoms with Gasteiger partial charge in [0.1, 0.15) is 23.2 Å². The molecule has 0 saturated heterocycles. The first-order valence-electron chi connectivity index (χ1n) is 11.3. The van der Waals surface area contributed by atoms with Crippen molar-refractivity contribution in [2.45, 2.75) is 43.3 Å². The van der Waals surface area contributed by atoms with Gasteiger partial charge in [-0.1, -0.05) is 55.3 Å². The predicted molar refractivity (Wildman–Crippen MR) is 130 cm³/mol. The molecule has 2 aromatic carbocycles. The quantitative estimate of drug-likeness (QED) is 0.200. The lowest BCUT2D eigenvalue weighted by Gasteiger charge is -2.25. The lowest BCUT2D eigenvalue weighted by Crippen LogP contribution is -2.15. The molecule has 9 heteroatoms. The number of aromatic amines is 1. The smallest absolute Gasteiger partial charge is 0.192 e. The maximum atomic E-state index is 14.6. The number of imidazole rings is 1. The van der Waals surface area contributed by atoms with Crippen LogP contribution in [0.1, 0.15) is 44.0 Å². The fourth-order valence-corrected chi connectivity index (χ4v) is 5.28. The molecule has 7 nitrogen and oxygen atoms in total. The van der Waals surface area contributed by atoms with Crippen LogP contribution in [0.15, 0.2) is 59.4 Å². The Bertz CT molecular complexity index is 1360. The van der Waals surface area contributed by atoms with E-state index in [9.17, 15) is 14.8 Å². The summed E-state index contributed by atoms with van der Waals surface area (Å²) in [4.78, 5) is 7.51. The standard InChI is InChI=1S/C25H23FN6OS/c26-19-11-5-4-10-17(19)24-30-31-25(32(24)16-8-2-1-3-9-16)34-15-22(33)18(14-27)23-28-20-12-6-7-13-21(20)29-23/h4-7,10-13,16,33H,1-3,8-9,15H2,(H,28,29). The summed E-state index contributed by atoms with van der Waals surface area (Å²) in [6, 6.07) is 16.2. The van der Waals surface area contributed by atoms with Gasteiger partial charge < -0.3 is 10.1 Å². The number of aliphatic hydroxyl groups is 1. The number of nitriles is 1. The average Bonchev–Trinajstić information content (AvgIpc) is 3.48. The molecule has 1 saturated carbocycles. The van der Waals surface area contributed by atoms with E-state index in [2.05, 4.69) is 26.2 Å². The number of H-pyrrole nitrogens is 1. The van der Waals surface area contributed by atoms with Gasteiger partial charge in [-0.05, 0) is 37.1 Å². The largest absolute Gasteiger partial charge is 0.510 e. The number of benzene rings is 2. The van der Waals surface area contributed by atoms with Crippen LogP contribution in [0, 0.1) is 17.1 Å². The fourth-order valence-electron chi connectivity index (χ4n) is 4.40. The van der Waals surface area contributed by atoms with Crippen molar-refractivity contribution in [2.24, 2.45) is 0 Å². The third-order valence-corrected chi connectivity index (χ3v) is 7.04. The Morgan fingerprint density at radius 1 is 1.12 bits per heavy atom. The minimum atomic E-state index is -0.345. The average molecular weight is 475 g/mol. The molecule has 2 heterocycles. The van der Waals surface area contributed by atoms with Crippen molar-refractivity contribution in [1.82, 2.24) is 24.7 Å². The van der Waals surface area contributed by atoms with Crippen LogP contribution in [0.25, 0.3) is 28.0 Å². The fraction of sp³-hybridized carbons (Fsp3) is 0.280. The maximum Gasteiger partial charge on any atom is 0.192 e. The van der Waals surface area contributed by atoms with E-state index in [1.54, 1.807) is 18.2 Å². The summed E-state index contributed by atoms with van der Waals surface area (Å²) in [6.45, 7) is 0. The molecule has 0 bridgehead atoms. The van der Waals surface area contributed by atoms with Crippen LogP contribution in [0.4, 0.5) is 4.39 Å². The van der Waals surface area contributed by atoms with Crippen LogP contribution in [-0.2, 0) is 0 Å². The van der Waals surface area contributed by atoms with E-state index in [0.717, 1.165) is 36.7 Å². The van der Waals surface area contributed by atoms with E-state index in [1.165, 1.54) is 24.2 Å². The Labute approximate surface area is 200 Å². The Morgan fingerprint density at radius 2 is 1.88 bits per heavy atom. The summed E-state index contributed by atoms with van der Waals surface area (Å²) < 4.78 is 16.6. The number of aromatic nitrogens is 5. The van der Waals surface area contributed by atoms with Gasteiger partial charge in [0, 0.05) is 6.04 Å². The van der Waals surface area contributed by atoms with E-state index in [4.69, 9.17) is 0 Å². The van der Waals surface area contributed by atoms with Crippen LogP contribution < -0.4 is 0 Å². The van der Waals surface area contributed by atoms with Gasteiger partial charge in [0.25, 0.3) is 0 Å². The normalized spacial score (nSPS) is 15.3. The molecule has 34 heavy (non-hydrogen) atoms. The predicted octanol–water partition coefficient (Wildman–Crippen LogP) is 6.05. The van der Waals surface area contributed by atoms with Gasteiger partial charge in [-0.3, -0.25) is 4.57 Å². The molecule has 4 aromatic rings. The first kappa shape index (κ1) is 22.2. The molecular formula is C25H23FN6OS. The molecule has 0 unspecified atom stereocenters. The van der Waals surface area contributed by atoms with E-state index in [1.807, 2.05) is 28.8 Å². The molecule has 0 spiro atoms. The second kappa shape index (κ2) is 9.69. The number of fused-ring (bicyclic) bond motifs is 1. The second-order valence-corrected chi connectivity index (χ2v) is 9.22. The van der Waals surface area contributed by atoms with Gasteiger partial charge in [0.05, 0.1) is 22.3 Å². The highest BCUT2D eigenvalue weighted by Crippen LogP contribution is 2.36. The molecule has 1 aliphatic carbocycles. The van der Waals surface area contributed by atoms with E-state index in [0.29, 0.717) is 22.4 Å². The maximum absolute atomic E-state index is 14.6. The van der Waals surface area contributed by atoms with Crippen LogP contribution in [0.2, 0.25) is 0 Å². The highest BCUT2D eigenvalue weighted by Gasteiger charge is 2.25. The van der Waals surface area contributed by atoms with Crippen molar-refractivity contribution in [3.05, 3.63) is 65.9 Å². The number of halogens is 1. The third kappa shape index (κ3) is 4.29. The van der Waals surface area contributed by atoms with Gasteiger partial charge in [-0.2, -0.15) is 5.26 Å². The number of nitrogens with zero attached hydrogens (tertiary/aromatic N) is 5. The zero-order valence-corrected chi connectivity index (χ0v) is 19.2. The number of thioether (sulfide) groups is 1. The van der Waals surface area contributed by atoms with E-state index < -0.39 is 0 Å². The molecule has 2 N–H and O–H groups in total. The van der Waals surface area contributed by atoms with Crippen molar-refractivity contribution in [2.75, 3.05) is 5.75 Å². The minimum Gasteiger partial charge on any atom is -0.510 e. The van der Waals surface area contributed by atoms with Gasteiger partial charge in [-0.15, -0.1) is 10.2 Å². The van der Waals surface area contributed by atoms with Crippen LogP contribution in [-0.4, -0.2) is 35.6 Å². The summed E-state index contributed by atoms with van der Waals surface area (Å²) >= 11 is 1.28. The molecule has 0 amide bonds. The Balaban J connectivity index is 1.46. The van der Waals surface area contributed by atoms with Crippen molar-refractivity contribution < 1.29 is 9.50 Å². The van der Waals surface area contributed by atoms with Gasteiger partial charge >= 0.3 is 0 Å². The number of hydrogen-bond donors (Lipinski definition) is 2. The van der Waals surface area contributed by atoms with Crippen LogP contribution in [0.5, 0.6) is 0 Å². The number of nitrogens with one attached hydrogen (secondary N) is 1. The van der Waals surface area contributed by atoms with Crippen molar-refractivity contribution in [1.29, 1.82) is 5.26 Å². The van der Waals surface area contributed by atoms with Gasteiger partial charge in [0.15, 0.2) is 16.8 Å². The van der Waals surface area contributed by atoms with Gasteiger partial charge in [-0.25, -0.2) is 9.37 Å². The third-order valence-electron chi connectivity index (χ3n) is 6.08. The molecule has 1 aliphatic rings. The molecule has 5 rings (SSSR count). The number of hydrogen-bond acceptors (Lipinski definition) is 6. The number of aliphatic hydroxyl groups excluding tert-OH is 1. The monoisotopic (exact) mass is 474 g/mol. The van der Waals surface area contributed by atoms with E-state index in [-0.39, 0.29) is 28.9 Å². The lowest BCUT2D eigenvalue weighted by molar-refractivity contribution is 0.338. The zero-order chi connectivity index (χ0) is 23.5. The summed E-state index contributed by atoms with van der Waals surface area (Å²) in [7, 11) is 0. The SMILES string of the molecule is N#CC(=C(O)CSc1nnc(-c2ccccc2F)n1C1CCCCC1)c1nc2ccccc2[nH]1. The van der Waals surface area contributed by atoms with Crippen molar-refractivity contribution in [3.8, 4) is 17.5 Å². The summed E-state index contributed by atoms with van der Waals surface area (Å²) in [5.74, 6) is 0.485. The summed E-state index contributed by atoms with van der Waals surface area (Å²) in [5.41, 5.74) is 2.00. The Morgan fingerprint density at radius 3 is 2.65 bits per heavy atom. The zero-order valence-electron chi connectivity index (χ0n) is 18.4. The van der Waals surface area contributed by atoms with Crippen molar-refractivity contribution >= 4 is 28.4 Å². The first-order valence-corrected chi connectivity index (χ1v) is 12.2. The second-order valence-electron chi connectivity index (χ2n) is 8.27. The molecule has 2 aromatic heterocycles. The number of rotatable bonds is 6. The number of allylic oxidation sites excluding steroid dienone is 1.